The van der Waals surface area contributed by atoms with Gasteiger partial charge in [-0.05, 0) is 39.8 Å². The maximum Gasteiger partial charge on any atom is 0.215 e. The molecule has 0 radical (unpaired) electrons. The van der Waals surface area contributed by atoms with Crippen LogP contribution in [0.5, 0.6) is 0 Å². The second-order valence-electron chi connectivity index (χ2n) is 4.04. The third-order valence-corrected chi connectivity index (χ3v) is 2.73. The standard InChI is InChI=1S/C12H17N3O/c1-8-5-6-9(2)15(8)13-7-12-14-10(3)11(4)16-12/h5-6,13H,7H2,1-4H3. The Morgan fingerprint density at radius 2 is 1.81 bits per heavy atom. The highest BCUT2D eigenvalue weighted by Crippen LogP contribution is 2.09. The van der Waals surface area contributed by atoms with Crippen LogP contribution in [0.2, 0.25) is 0 Å². The average Bonchev–Trinajstić information content (AvgIpc) is 2.70. The van der Waals surface area contributed by atoms with E-state index >= 15 is 0 Å². The third-order valence-electron chi connectivity index (χ3n) is 2.73. The normalized spacial score (nSPS) is 10.8. The first-order valence-electron chi connectivity index (χ1n) is 5.39. The Hall–Kier alpha value is -1.71. The molecule has 0 spiro atoms. The summed E-state index contributed by atoms with van der Waals surface area (Å²) in [6, 6.07) is 4.16. The number of nitrogens with zero attached hydrogens (tertiary/aromatic N) is 2. The summed E-state index contributed by atoms with van der Waals surface area (Å²) in [5.41, 5.74) is 6.59. The van der Waals surface area contributed by atoms with Crippen LogP contribution in [0.1, 0.15) is 28.7 Å². The van der Waals surface area contributed by atoms with Gasteiger partial charge in [0.25, 0.3) is 0 Å². The Morgan fingerprint density at radius 3 is 2.31 bits per heavy atom. The lowest BCUT2D eigenvalue weighted by Gasteiger charge is -2.10. The molecule has 2 heterocycles. The number of oxazole rings is 1. The molecule has 4 heteroatoms. The average molecular weight is 219 g/mol. The molecule has 0 saturated heterocycles. The van der Waals surface area contributed by atoms with Gasteiger partial charge in [-0.15, -0.1) is 0 Å². The smallest absolute Gasteiger partial charge is 0.215 e. The van der Waals surface area contributed by atoms with Crippen molar-refractivity contribution in [2.45, 2.75) is 34.2 Å². The van der Waals surface area contributed by atoms with Gasteiger partial charge in [-0.2, -0.15) is 0 Å². The zero-order valence-corrected chi connectivity index (χ0v) is 10.2. The molecule has 16 heavy (non-hydrogen) atoms. The minimum atomic E-state index is 0.602. The van der Waals surface area contributed by atoms with Gasteiger partial charge in [0.15, 0.2) is 0 Å². The molecule has 0 saturated carbocycles. The van der Waals surface area contributed by atoms with E-state index in [9.17, 15) is 0 Å². The topological polar surface area (TPSA) is 43.0 Å². The van der Waals surface area contributed by atoms with Crippen molar-refractivity contribution in [1.82, 2.24) is 9.66 Å². The summed E-state index contributed by atoms with van der Waals surface area (Å²) in [6.45, 7) is 8.61. The van der Waals surface area contributed by atoms with Crippen molar-refractivity contribution < 1.29 is 4.42 Å². The van der Waals surface area contributed by atoms with Crippen molar-refractivity contribution in [3.05, 3.63) is 40.9 Å². The van der Waals surface area contributed by atoms with Crippen LogP contribution in [0.3, 0.4) is 0 Å². The maximum absolute atomic E-state index is 5.51. The van der Waals surface area contributed by atoms with Gasteiger partial charge in [-0.3, -0.25) is 4.68 Å². The molecule has 0 unspecified atom stereocenters. The van der Waals surface area contributed by atoms with Gasteiger partial charge in [-0.1, -0.05) is 0 Å². The minimum absolute atomic E-state index is 0.602. The van der Waals surface area contributed by atoms with Crippen LogP contribution in [0.15, 0.2) is 16.5 Å². The van der Waals surface area contributed by atoms with E-state index in [0.29, 0.717) is 6.54 Å². The van der Waals surface area contributed by atoms with E-state index in [2.05, 4.69) is 36.4 Å². The van der Waals surface area contributed by atoms with Crippen LogP contribution in [-0.2, 0) is 6.54 Å². The van der Waals surface area contributed by atoms with Crippen LogP contribution in [-0.4, -0.2) is 9.66 Å². The number of nitrogens with one attached hydrogen (secondary N) is 1. The number of aromatic nitrogens is 2. The Balaban J connectivity index is 2.08. The molecule has 86 valence electrons. The van der Waals surface area contributed by atoms with Gasteiger partial charge in [0, 0.05) is 11.4 Å². The highest BCUT2D eigenvalue weighted by molar-refractivity contribution is 5.15. The van der Waals surface area contributed by atoms with E-state index in [-0.39, 0.29) is 0 Å². The van der Waals surface area contributed by atoms with E-state index < -0.39 is 0 Å². The van der Waals surface area contributed by atoms with Crippen molar-refractivity contribution in [2.24, 2.45) is 0 Å². The largest absolute Gasteiger partial charge is 0.444 e. The number of hydrogen-bond donors (Lipinski definition) is 1. The molecule has 0 amide bonds. The predicted octanol–water partition coefficient (Wildman–Crippen LogP) is 2.45. The predicted molar refractivity (Wildman–Crippen MR) is 62.9 cm³/mol. The lowest BCUT2D eigenvalue weighted by atomic mass is 10.4. The van der Waals surface area contributed by atoms with Gasteiger partial charge >= 0.3 is 0 Å². The van der Waals surface area contributed by atoms with Crippen molar-refractivity contribution in [3.63, 3.8) is 0 Å². The molecular formula is C12H17N3O. The fourth-order valence-corrected chi connectivity index (χ4v) is 1.68. The Bertz CT molecular complexity index is 457. The third kappa shape index (κ3) is 1.96. The van der Waals surface area contributed by atoms with Crippen LogP contribution in [0, 0.1) is 27.7 Å². The molecule has 1 N–H and O–H groups in total. The maximum atomic E-state index is 5.51. The molecule has 2 aromatic heterocycles. The SMILES string of the molecule is Cc1nc(CNn2c(C)ccc2C)oc1C. The molecule has 0 atom stereocenters. The minimum Gasteiger partial charge on any atom is -0.444 e. The monoisotopic (exact) mass is 219 g/mol. The number of hydrogen-bond acceptors (Lipinski definition) is 3. The van der Waals surface area contributed by atoms with Gasteiger partial charge in [-0.25, -0.2) is 4.98 Å². The van der Waals surface area contributed by atoms with Crippen molar-refractivity contribution in [1.29, 1.82) is 0 Å². The van der Waals surface area contributed by atoms with E-state index in [1.807, 2.05) is 18.5 Å². The zero-order valence-electron chi connectivity index (χ0n) is 10.2. The molecule has 0 fully saturated rings. The second-order valence-corrected chi connectivity index (χ2v) is 4.04. The molecule has 0 bridgehead atoms. The summed E-state index contributed by atoms with van der Waals surface area (Å²) >= 11 is 0. The van der Waals surface area contributed by atoms with Crippen molar-refractivity contribution in [2.75, 3.05) is 5.43 Å². The molecule has 0 aromatic carbocycles. The lowest BCUT2D eigenvalue weighted by molar-refractivity contribution is 0.471. The van der Waals surface area contributed by atoms with Gasteiger partial charge in [0.05, 0.1) is 5.69 Å². The van der Waals surface area contributed by atoms with Gasteiger partial charge < -0.3 is 9.84 Å². The first-order valence-corrected chi connectivity index (χ1v) is 5.39. The first kappa shape index (κ1) is 10.8. The summed E-state index contributed by atoms with van der Waals surface area (Å²) in [6.07, 6.45) is 0. The summed E-state index contributed by atoms with van der Waals surface area (Å²) < 4.78 is 7.54. The summed E-state index contributed by atoms with van der Waals surface area (Å²) in [4.78, 5) is 4.33. The lowest BCUT2D eigenvalue weighted by Crippen LogP contribution is -2.17. The Kier molecular flexibility index (Phi) is 2.73. The Labute approximate surface area is 95.3 Å². The molecule has 0 aliphatic rings. The van der Waals surface area contributed by atoms with E-state index in [4.69, 9.17) is 4.42 Å². The van der Waals surface area contributed by atoms with Gasteiger partial charge in [0.2, 0.25) is 5.89 Å². The molecule has 0 aliphatic heterocycles. The van der Waals surface area contributed by atoms with E-state index in [1.54, 1.807) is 0 Å². The van der Waals surface area contributed by atoms with Crippen LogP contribution >= 0.6 is 0 Å². The summed E-state index contributed by atoms with van der Waals surface area (Å²) in [5, 5.41) is 0. The quantitative estimate of drug-likeness (QED) is 0.862. The Morgan fingerprint density at radius 1 is 1.19 bits per heavy atom. The van der Waals surface area contributed by atoms with E-state index in [0.717, 1.165) is 17.3 Å². The zero-order chi connectivity index (χ0) is 11.7. The van der Waals surface area contributed by atoms with Crippen molar-refractivity contribution in [3.8, 4) is 0 Å². The first-order chi connectivity index (χ1) is 7.58. The second kappa shape index (κ2) is 4.04. The molecule has 2 rings (SSSR count). The van der Waals surface area contributed by atoms with Gasteiger partial charge in [0.1, 0.15) is 12.3 Å². The van der Waals surface area contributed by atoms with Crippen LogP contribution in [0.4, 0.5) is 0 Å². The van der Waals surface area contributed by atoms with E-state index in [1.165, 1.54) is 11.4 Å². The molecular weight excluding hydrogens is 202 g/mol. The molecule has 0 aliphatic carbocycles. The highest BCUT2D eigenvalue weighted by atomic mass is 16.4. The fraction of sp³-hybridized carbons (Fsp3) is 0.417. The van der Waals surface area contributed by atoms with Crippen LogP contribution in [0.25, 0.3) is 0 Å². The van der Waals surface area contributed by atoms with Crippen molar-refractivity contribution >= 4 is 0 Å². The molecule has 2 aromatic rings. The number of rotatable bonds is 3. The summed E-state index contributed by atoms with van der Waals surface area (Å²) in [5.74, 6) is 1.61. The highest BCUT2D eigenvalue weighted by Gasteiger charge is 2.06. The van der Waals surface area contributed by atoms with Crippen LogP contribution < -0.4 is 5.43 Å². The molecule has 4 nitrogen and oxygen atoms in total. The summed E-state index contributed by atoms with van der Waals surface area (Å²) in [7, 11) is 0. The fourth-order valence-electron chi connectivity index (χ4n) is 1.68. The number of aryl methyl sites for hydroxylation is 4.